The predicted octanol–water partition coefficient (Wildman–Crippen LogP) is 0.971. The van der Waals surface area contributed by atoms with Crippen LogP contribution < -0.4 is 11.1 Å². The van der Waals surface area contributed by atoms with E-state index >= 15 is 0 Å². The Morgan fingerprint density at radius 3 is 2.50 bits per heavy atom. The fraction of sp³-hybridized carbons (Fsp3) is 1.00. The number of nitrogens with two attached hydrogens (primary N) is 1. The van der Waals surface area contributed by atoms with Crippen molar-refractivity contribution in [3.05, 3.63) is 0 Å². The van der Waals surface area contributed by atoms with Gasteiger partial charge in [-0.05, 0) is 32.0 Å². The summed E-state index contributed by atoms with van der Waals surface area (Å²) in [6.07, 6.45) is 2.40. The van der Waals surface area contributed by atoms with Gasteiger partial charge in [0, 0.05) is 0 Å². The van der Waals surface area contributed by atoms with Gasteiger partial charge in [-0.3, -0.25) is 0 Å². The van der Waals surface area contributed by atoms with Crippen molar-refractivity contribution in [2.75, 3.05) is 19.6 Å². The highest BCUT2D eigenvalue weighted by Gasteiger charge is 2.00. The summed E-state index contributed by atoms with van der Waals surface area (Å²) in [5, 5.41) is 3.36. The van der Waals surface area contributed by atoms with Gasteiger partial charge >= 0.3 is 0 Å². The van der Waals surface area contributed by atoms with E-state index in [-0.39, 0.29) is 0 Å². The quantitative estimate of drug-likeness (QED) is 0.545. The number of hydrogen-bond acceptors (Lipinski definition) is 2. The van der Waals surface area contributed by atoms with Crippen LogP contribution >= 0.6 is 0 Å². The normalized spacial score (nSPS) is 13.5. The molecule has 1 unspecified atom stereocenters. The summed E-state index contributed by atoms with van der Waals surface area (Å²) in [6.45, 7) is 7.38. The molecule has 62 valence electrons. The summed E-state index contributed by atoms with van der Waals surface area (Å²) < 4.78 is 0. The maximum atomic E-state index is 5.53. The highest BCUT2D eigenvalue weighted by atomic mass is 14.9. The van der Waals surface area contributed by atoms with Crippen LogP contribution in [-0.2, 0) is 0 Å². The van der Waals surface area contributed by atoms with E-state index in [9.17, 15) is 0 Å². The Kier molecular flexibility index (Phi) is 6.98. The van der Waals surface area contributed by atoms with Crippen molar-refractivity contribution in [2.45, 2.75) is 26.7 Å². The molecule has 0 aromatic carbocycles. The van der Waals surface area contributed by atoms with E-state index in [0.717, 1.165) is 19.6 Å². The second-order valence-corrected chi connectivity index (χ2v) is 2.71. The molecular weight excluding hydrogens is 124 g/mol. The molecule has 0 aliphatic heterocycles. The van der Waals surface area contributed by atoms with Crippen LogP contribution in [0.15, 0.2) is 0 Å². The second-order valence-electron chi connectivity index (χ2n) is 2.71. The highest BCUT2D eigenvalue weighted by molar-refractivity contribution is 4.60. The van der Waals surface area contributed by atoms with Gasteiger partial charge in [-0.15, -0.1) is 0 Å². The minimum absolute atomic E-state index is 0.673. The van der Waals surface area contributed by atoms with Crippen molar-refractivity contribution < 1.29 is 0 Å². The zero-order valence-electron chi connectivity index (χ0n) is 7.19. The Morgan fingerprint density at radius 2 is 2.10 bits per heavy atom. The van der Waals surface area contributed by atoms with Crippen molar-refractivity contribution in [2.24, 2.45) is 11.7 Å². The van der Waals surface area contributed by atoms with E-state index in [1.807, 2.05) is 0 Å². The maximum Gasteiger partial charge on any atom is -0.000856 e. The molecule has 0 amide bonds. The minimum atomic E-state index is 0.673. The Bertz CT molecular complexity index is 60.3. The highest BCUT2D eigenvalue weighted by Crippen LogP contribution is 1.96. The van der Waals surface area contributed by atoms with E-state index in [1.165, 1.54) is 12.8 Å². The predicted molar refractivity (Wildman–Crippen MR) is 46.0 cm³/mol. The van der Waals surface area contributed by atoms with Gasteiger partial charge in [0.15, 0.2) is 0 Å². The van der Waals surface area contributed by atoms with Crippen LogP contribution in [0.25, 0.3) is 0 Å². The van der Waals surface area contributed by atoms with Crippen molar-refractivity contribution in [1.82, 2.24) is 5.32 Å². The molecule has 1 atom stereocenters. The van der Waals surface area contributed by atoms with Gasteiger partial charge in [-0.2, -0.15) is 0 Å². The molecule has 0 radical (unpaired) electrons. The first-order valence-electron chi connectivity index (χ1n) is 4.25. The lowest BCUT2D eigenvalue weighted by Crippen LogP contribution is -2.28. The van der Waals surface area contributed by atoms with E-state index in [1.54, 1.807) is 0 Å². The first kappa shape index (κ1) is 9.92. The molecule has 0 aromatic heterocycles. The van der Waals surface area contributed by atoms with Crippen LogP contribution in [0.4, 0.5) is 0 Å². The number of rotatable bonds is 6. The van der Waals surface area contributed by atoms with Gasteiger partial charge < -0.3 is 11.1 Å². The molecule has 0 spiro atoms. The van der Waals surface area contributed by atoms with E-state index in [0.29, 0.717) is 5.92 Å². The lowest BCUT2D eigenvalue weighted by atomic mass is 10.1. The first-order valence-corrected chi connectivity index (χ1v) is 4.25. The summed E-state index contributed by atoms with van der Waals surface area (Å²) >= 11 is 0. The third kappa shape index (κ3) is 4.77. The van der Waals surface area contributed by atoms with Crippen LogP contribution in [0.3, 0.4) is 0 Å². The molecular formula is C8H20N2. The monoisotopic (exact) mass is 144 g/mol. The third-order valence-electron chi connectivity index (χ3n) is 1.77. The molecule has 10 heavy (non-hydrogen) atoms. The van der Waals surface area contributed by atoms with Crippen LogP contribution in [-0.4, -0.2) is 19.6 Å². The Labute approximate surface area is 64.2 Å². The third-order valence-corrected chi connectivity index (χ3v) is 1.77. The fourth-order valence-electron chi connectivity index (χ4n) is 0.877. The molecule has 2 nitrogen and oxygen atoms in total. The zero-order valence-corrected chi connectivity index (χ0v) is 7.19. The van der Waals surface area contributed by atoms with E-state index in [2.05, 4.69) is 19.2 Å². The van der Waals surface area contributed by atoms with Gasteiger partial charge in [-0.1, -0.05) is 20.3 Å². The molecule has 0 heterocycles. The van der Waals surface area contributed by atoms with Crippen LogP contribution in [0.2, 0.25) is 0 Å². The van der Waals surface area contributed by atoms with Gasteiger partial charge in [0.05, 0.1) is 0 Å². The van der Waals surface area contributed by atoms with Gasteiger partial charge in [-0.25, -0.2) is 0 Å². The number of hydrogen-bond donors (Lipinski definition) is 2. The van der Waals surface area contributed by atoms with Crippen LogP contribution in [0.1, 0.15) is 26.7 Å². The largest absolute Gasteiger partial charge is 0.330 e. The molecule has 2 heteroatoms. The molecule has 0 fully saturated rings. The van der Waals surface area contributed by atoms with E-state index < -0.39 is 0 Å². The molecule has 0 rings (SSSR count). The molecule has 0 aliphatic carbocycles. The number of nitrogens with one attached hydrogen (secondary N) is 1. The van der Waals surface area contributed by atoms with Crippen LogP contribution in [0.5, 0.6) is 0 Å². The molecule has 3 N–H and O–H groups in total. The Morgan fingerprint density at radius 1 is 1.40 bits per heavy atom. The molecule has 0 saturated carbocycles. The standard InChI is InChI=1S/C8H20N2/c1-3-5-10-7-8(4-2)6-9/h8,10H,3-7,9H2,1-2H3. The van der Waals surface area contributed by atoms with E-state index in [4.69, 9.17) is 5.73 Å². The van der Waals surface area contributed by atoms with Crippen molar-refractivity contribution in [1.29, 1.82) is 0 Å². The van der Waals surface area contributed by atoms with Gasteiger partial charge in [0.2, 0.25) is 0 Å². The minimum Gasteiger partial charge on any atom is -0.330 e. The SMILES string of the molecule is CCCNCC(CC)CN. The topological polar surface area (TPSA) is 38.0 Å². The zero-order chi connectivity index (χ0) is 7.82. The second kappa shape index (κ2) is 7.03. The van der Waals surface area contributed by atoms with Crippen molar-refractivity contribution in [3.8, 4) is 0 Å². The summed E-state index contributed by atoms with van der Waals surface area (Å²) in [5.74, 6) is 0.673. The van der Waals surface area contributed by atoms with Gasteiger partial charge in [0.1, 0.15) is 0 Å². The molecule has 0 saturated heterocycles. The average molecular weight is 144 g/mol. The Hall–Kier alpha value is -0.0800. The summed E-state index contributed by atoms with van der Waals surface area (Å²) in [6, 6.07) is 0. The molecule has 0 bridgehead atoms. The fourth-order valence-corrected chi connectivity index (χ4v) is 0.877. The van der Waals surface area contributed by atoms with Crippen molar-refractivity contribution >= 4 is 0 Å². The maximum absolute atomic E-state index is 5.53. The summed E-state index contributed by atoms with van der Waals surface area (Å²) in [4.78, 5) is 0. The smallest absolute Gasteiger partial charge is 0.000856 e. The lowest BCUT2D eigenvalue weighted by Gasteiger charge is -2.11. The average Bonchev–Trinajstić information content (AvgIpc) is 1.99. The van der Waals surface area contributed by atoms with Crippen molar-refractivity contribution in [3.63, 3.8) is 0 Å². The summed E-state index contributed by atoms with van der Waals surface area (Å²) in [5.41, 5.74) is 5.53. The van der Waals surface area contributed by atoms with Gasteiger partial charge in [0.25, 0.3) is 0 Å². The molecule has 0 aliphatic rings. The molecule has 0 aromatic rings. The summed E-state index contributed by atoms with van der Waals surface area (Å²) in [7, 11) is 0. The Balaban J connectivity index is 3.09. The first-order chi connectivity index (χ1) is 4.85. The lowest BCUT2D eigenvalue weighted by molar-refractivity contribution is 0.472. The van der Waals surface area contributed by atoms with Crippen LogP contribution in [0, 0.1) is 5.92 Å².